The Hall–Kier alpha value is -0.430. The third-order valence-corrected chi connectivity index (χ3v) is 4.71. The highest BCUT2D eigenvalue weighted by Gasteiger charge is 2.38. The molecule has 1 aromatic rings. The monoisotopic (exact) mass is 213 g/mol. The fourth-order valence-electron chi connectivity index (χ4n) is 1.38. The lowest BCUT2D eigenvalue weighted by Gasteiger charge is -2.18. The summed E-state index contributed by atoms with van der Waals surface area (Å²) in [5.74, 6) is 0. The first-order valence-electron chi connectivity index (χ1n) is 4.94. The minimum atomic E-state index is -1.82. The molecule has 0 saturated heterocycles. The summed E-state index contributed by atoms with van der Waals surface area (Å²) in [6.07, 6.45) is 0. The van der Waals surface area contributed by atoms with Crippen molar-refractivity contribution in [2.45, 2.75) is 13.8 Å². The number of hydrogen-bond acceptors (Lipinski definition) is 2. The van der Waals surface area contributed by atoms with Gasteiger partial charge in [-0.1, -0.05) is 18.2 Å². The molecule has 0 spiro atoms. The summed E-state index contributed by atoms with van der Waals surface area (Å²) in [5.41, 5.74) is 0. The maximum absolute atomic E-state index is 5.74. The lowest BCUT2D eigenvalue weighted by Crippen LogP contribution is -2.15. The van der Waals surface area contributed by atoms with Crippen LogP contribution in [0.4, 0.5) is 0 Å². The van der Waals surface area contributed by atoms with E-state index in [4.69, 9.17) is 9.05 Å². The quantitative estimate of drug-likeness (QED) is 0.700. The molecule has 0 bridgehead atoms. The Bertz CT molecular complexity index is 255. The molecule has 0 aromatic heterocycles. The molecule has 0 heterocycles. The fourth-order valence-corrected chi connectivity index (χ4v) is 3.45. The fraction of sp³-hybridized carbons (Fsp3) is 0.455. The molecule has 14 heavy (non-hydrogen) atoms. The molecular weight excluding hydrogens is 195 g/mol. The van der Waals surface area contributed by atoms with Crippen molar-refractivity contribution in [3.05, 3.63) is 30.3 Å². The van der Waals surface area contributed by atoms with Gasteiger partial charge in [0.25, 0.3) is 0 Å². The van der Waals surface area contributed by atoms with Crippen molar-refractivity contribution < 1.29 is 9.05 Å². The van der Waals surface area contributed by atoms with Gasteiger partial charge in [0.05, 0.1) is 13.2 Å². The summed E-state index contributed by atoms with van der Waals surface area (Å²) in [6.45, 7) is 7.45. The van der Waals surface area contributed by atoms with Crippen molar-refractivity contribution in [2.24, 2.45) is 0 Å². The number of hydrogen-bond donors (Lipinski definition) is 0. The van der Waals surface area contributed by atoms with E-state index in [9.17, 15) is 0 Å². The third-order valence-electron chi connectivity index (χ3n) is 1.98. The van der Waals surface area contributed by atoms with Crippen LogP contribution in [-0.4, -0.2) is 19.9 Å². The minimum Gasteiger partial charge on any atom is -0.202 e. The Morgan fingerprint density at radius 3 is 1.93 bits per heavy atom. The second-order valence-electron chi connectivity index (χ2n) is 3.02. The van der Waals surface area contributed by atoms with Crippen LogP contribution in [-0.2, 0) is 9.05 Å². The molecule has 0 unspecified atom stereocenters. The first-order valence-corrected chi connectivity index (χ1v) is 7.01. The van der Waals surface area contributed by atoms with Crippen LogP contribution in [0.25, 0.3) is 0 Å². The van der Waals surface area contributed by atoms with Crippen molar-refractivity contribution in [2.75, 3.05) is 19.9 Å². The summed E-state index contributed by atoms with van der Waals surface area (Å²) in [6, 6.07) is 10.2. The Morgan fingerprint density at radius 1 is 1.00 bits per heavy atom. The Morgan fingerprint density at radius 2 is 1.50 bits per heavy atom. The molecule has 0 aliphatic carbocycles. The molecule has 0 aliphatic rings. The summed E-state index contributed by atoms with van der Waals surface area (Å²) in [4.78, 5) is 0. The van der Waals surface area contributed by atoms with Crippen LogP contribution in [0.3, 0.4) is 0 Å². The average Bonchev–Trinajstić information content (AvgIpc) is 2.20. The molecule has 1 rings (SSSR count). The Balaban J connectivity index is 2.87. The average molecular weight is 213 g/mol. The van der Waals surface area contributed by atoms with Gasteiger partial charge in [-0.15, -0.1) is 0 Å². The zero-order valence-corrected chi connectivity index (χ0v) is 9.96. The second kappa shape index (κ2) is 5.45. The van der Waals surface area contributed by atoms with Crippen LogP contribution >= 0.6 is 7.72 Å². The third kappa shape index (κ3) is 2.78. The summed E-state index contributed by atoms with van der Waals surface area (Å²) >= 11 is 0. The van der Waals surface area contributed by atoms with Gasteiger partial charge in [-0.3, -0.25) is 0 Å². The van der Waals surface area contributed by atoms with Crippen LogP contribution in [0.1, 0.15) is 13.8 Å². The first-order chi connectivity index (χ1) is 6.73. The van der Waals surface area contributed by atoms with Gasteiger partial charge in [0, 0.05) is 0 Å². The molecule has 0 N–H and O–H groups in total. The van der Waals surface area contributed by atoms with Crippen molar-refractivity contribution in [3.8, 4) is 0 Å². The van der Waals surface area contributed by atoms with Gasteiger partial charge in [0.15, 0.2) is 5.30 Å². The van der Waals surface area contributed by atoms with Gasteiger partial charge in [0.2, 0.25) is 0 Å². The lowest BCUT2D eigenvalue weighted by molar-refractivity contribution is 0.262. The topological polar surface area (TPSA) is 18.5 Å². The summed E-state index contributed by atoms with van der Waals surface area (Å²) in [5, 5.41) is 1.17. The number of benzene rings is 1. The van der Waals surface area contributed by atoms with Gasteiger partial charge < -0.3 is 0 Å². The second-order valence-corrected chi connectivity index (χ2v) is 5.74. The standard InChI is InChI=1S/C11H18O2P/c1-4-12-14(3,13-5-2)11-9-7-6-8-10-11/h6-10H,4-5H2,1-3H3/q+1. The van der Waals surface area contributed by atoms with E-state index in [2.05, 4.69) is 18.8 Å². The van der Waals surface area contributed by atoms with Crippen molar-refractivity contribution in [1.82, 2.24) is 0 Å². The highest BCUT2D eigenvalue weighted by Crippen LogP contribution is 2.55. The van der Waals surface area contributed by atoms with E-state index in [0.717, 1.165) is 0 Å². The molecule has 78 valence electrons. The maximum atomic E-state index is 5.74. The molecule has 0 fully saturated rings. The van der Waals surface area contributed by atoms with E-state index in [1.807, 2.05) is 32.0 Å². The molecule has 2 nitrogen and oxygen atoms in total. The molecule has 0 aliphatic heterocycles. The van der Waals surface area contributed by atoms with Crippen LogP contribution in [0.2, 0.25) is 0 Å². The van der Waals surface area contributed by atoms with Crippen LogP contribution in [0.5, 0.6) is 0 Å². The van der Waals surface area contributed by atoms with E-state index in [1.165, 1.54) is 5.30 Å². The molecule has 3 heteroatoms. The van der Waals surface area contributed by atoms with Gasteiger partial charge in [-0.2, -0.15) is 0 Å². The van der Waals surface area contributed by atoms with E-state index >= 15 is 0 Å². The summed E-state index contributed by atoms with van der Waals surface area (Å²) < 4.78 is 11.5. The van der Waals surface area contributed by atoms with E-state index in [1.54, 1.807) is 0 Å². The molecule has 1 aromatic carbocycles. The molecular formula is C11H18O2P+. The Kier molecular flexibility index (Phi) is 4.53. The van der Waals surface area contributed by atoms with E-state index < -0.39 is 7.72 Å². The van der Waals surface area contributed by atoms with Crippen LogP contribution in [0.15, 0.2) is 30.3 Å². The predicted octanol–water partition coefficient (Wildman–Crippen LogP) is 2.86. The normalized spacial score (nSPS) is 11.6. The lowest BCUT2D eigenvalue weighted by atomic mass is 10.4. The molecule has 0 amide bonds. The van der Waals surface area contributed by atoms with Crippen molar-refractivity contribution in [3.63, 3.8) is 0 Å². The van der Waals surface area contributed by atoms with Gasteiger partial charge in [-0.05, 0) is 26.0 Å². The highest BCUT2D eigenvalue weighted by atomic mass is 31.2. The summed E-state index contributed by atoms with van der Waals surface area (Å²) in [7, 11) is -1.82. The molecule has 0 atom stereocenters. The van der Waals surface area contributed by atoms with Crippen LogP contribution < -0.4 is 5.30 Å². The number of rotatable bonds is 5. The van der Waals surface area contributed by atoms with Gasteiger partial charge >= 0.3 is 7.72 Å². The molecule has 0 radical (unpaired) electrons. The van der Waals surface area contributed by atoms with Gasteiger partial charge in [-0.25, -0.2) is 9.05 Å². The molecule has 0 saturated carbocycles. The van der Waals surface area contributed by atoms with Crippen LogP contribution in [0, 0.1) is 0 Å². The van der Waals surface area contributed by atoms with E-state index in [-0.39, 0.29) is 0 Å². The highest BCUT2D eigenvalue weighted by molar-refractivity contribution is 7.73. The van der Waals surface area contributed by atoms with Gasteiger partial charge in [0.1, 0.15) is 6.66 Å². The SMILES string of the molecule is CCO[P+](C)(OCC)c1ccccc1. The van der Waals surface area contributed by atoms with Crippen molar-refractivity contribution in [1.29, 1.82) is 0 Å². The Labute approximate surface area is 86.7 Å². The predicted molar refractivity (Wildman–Crippen MR) is 62.2 cm³/mol. The van der Waals surface area contributed by atoms with Crippen molar-refractivity contribution >= 4 is 13.0 Å². The largest absolute Gasteiger partial charge is 0.304 e. The zero-order chi connectivity index (χ0) is 10.4. The minimum absolute atomic E-state index is 0.694. The van der Waals surface area contributed by atoms with E-state index in [0.29, 0.717) is 13.2 Å². The smallest absolute Gasteiger partial charge is 0.202 e. The zero-order valence-electron chi connectivity index (χ0n) is 9.06. The maximum Gasteiger partial charge on any atom is 0.304 e. The first kappa shape index (κ1) is 11.6.